The van der Waals surface area contributed by atoms with Crippen molar-refractivity contribution in [1.82, 2.24) is 0 Å². The topological polar surface area (TPSA) is 0 Å². The molecule has 0 bridgehead atoms. The van der Waals surface area contributed by atoms with E-state index in [9.17, 15) is 0 Å². The fourth-order valence-corrected chi connectivity index (χ4v) is 2.65. The fraction of sp³-hybridized carbons (Fsp3) is 0.455. The normalized spacial score (nSPS) is 14.2. The number of benzene rings is 2. The van der Waals surface area contributed by atoms with Crippen molar-refractivity contribution in [2.45, 2.75) is 59.8 Å². The van der Waals surface area contributed by atoms with Gasteiger partial charge in [-0.15, -0.1) is 0 Å². The Morgan fingerprint density at radius 3 is 1.41 bits per heavy atom. The van der Waals surface area contributed by atoms with E-state index in [2.05, 4.69) is 64.1 Å². The van der Waals surface area contributed by atoms with Crippen LogP contribution >= 0.6 is 0 Å². The van der Waals surface area contributed by atoms with Gasteiger partial charge >= 0.3 is 0 Å². The van der Waals surface area contributed by atoms with Crippen molar-refractivity contribution in [3.05, 3.63) is 71.3 Å². The van der Waals surface area contributed by atoms with Crippen LogP contribution in [0.15, 0.2) is 54.6 Å². The molecule has 0 amide bonds. The highest BCUT2D eigenvalue weighted by Gasteiger charge is 2.05. The maximum absolute atomic E-state index is 2.36. The third-order valence-corrected chi connectivity index (χ3v) is 4.01. The van der Waals surface area contributed by atoms with Gasteiger partial charge < -0.3 is 0 Å². The van der Waals surface area contributed by atoms with Crippen LogP contribution in [0.2, 0.25) is 0 Å². The zero-order chi connectivity index (χ0) is 16.2. The second-order valence-corrected chi connectivity index (χ2v) is 6.56. The molecule has 0 N–H and O–H groups in total. The van der Waals surface area contributed by atoms with Crippen LogP contribution in [0, 0.1) is 26.7 Å². The SMILES string of the molecule is CC1CCCCC1.Cc1cccc(C)c1.Cc1ccccc1. The van der Waals surface area contributed by atoms with Gasteiger partial charge in [0.05, 0.1) is 0 Å². The van der Waals surface area contributed by atoms with Crippen LogP contribution in [0.25, 0.3) is 0 Å². The van der Waals surface area contributed by atoms with Crippen molar-refractivity contribution in [2.24, 2.45) is 5.92 Å². The van der Waals surface area contributed by atoms with Gasteiger partial charge in [0.2, 0.25) is 0 Å². The first-order valence-corrected chi connectivity index (χ1v) is 8.63. The Bertz CT molecular complexity index is 475. The van der Waals surface area contributed by atoms with Crippen molar-refractivity contribution in [3.8, 4) is 0 Å². The lowest BCUT2D eigenvalue weighted by atomic mass is 9.91. The second kappa shape index (κ2) is 11.1. The van der Waals surface area contributed by atoms with Crippen molar-refractivity contribution in [1.29, 1.82) is 0 Å². The van der Waals surface area contributed by atoms with E-state index in [1.54, 1.807) is 0 Å². The summed E-state index contributed by atoms with van der Waals surface area (Å²) in [6, 6.07) is 18.7. The van der Waals surface area contributed by atoms with E-state index in [-0.39, 0.29) is 0 Å². The van der Waals surface area contributed by atoms with Gasteiger partial charge in [0.15, 0.2) is 0 Å². The molecule has 1 aliphatic rings. The van der Waals surface area contributed by atoms with Crippen molar-refractivity contribution < 1.29 is 0 Å². The summed E-state index contributed by atoms with van der Waals surface area (Å²) in [5.41, 5.74) is 4.00. The summed E-state index contributed by atoms with van der Waals surface area (Å²) in [5, 5.41) is 0. The Hall–Kier alpha value is -1.56. The molecule has 0 heteroatoms. The minimum absolute atomic E-state index is 1.04. The number of aryl methyl sites for hydroxylation is 3. The van der Waals surface area contributed by atoms with Crippen LogP contribution in [-0.2, 0) is 0 Å². The minimum atomic E-state index is 1.04. The van der Waals surface area contributed by atoms with Crippen LogP contribution in [-0.4, -0.2) is 0 Å². The van der Waals surface area contributed by atoms with Crippen LogP contribution in [0.4, 0.5) is 0 Å². The molecule has 0 aliphatic heterocycles. The quantitative estimate of drug-likeness (QED) is 0.497. The van der Waals surface area contributed by atoms with E-state index in [0.29, 0.717) is 0 Å². The third-order valence-electron chi connectivity index (χ3n) is 4.01. The predicted molar refractivity (Wildman–Crippen MR) is 99.3 cm³/mol. The molecule has 1 saturated carbocycles. The van der Waals surface area contributed by atoms with Gasteiger partial charge in [-0.1, -0.05) is 110 Å². The van der Waals surface area contributed by atoms with Crippen molar-refractivity contribution in [2.75, 3.05) is 0 Å². The molecule has 0 atom stereocenters. The van der Waals surface area contributed by atoms with Crippen LogP contribution in [0.1, 0.15) is 55.7 Å². The molecular weight excluding hydrogens is 264 g/mol. The molecule has 2 aromatic carbocycles. The average molecular weight is 296 g/mol. The largest absolute Gasteiger partial charge is 0.0625 e. The Labute approximate surface area is 137 Å². The average Bonchev–Trinajstić information content (AvgIpc) is 2.50. The highest BCUT2D eigenvalue weighted by atomic mass is 14.1. The standard InChI is InChI=1S/C8H10.C7H14.C7H8/c1-7-4-3-5-8(2)6-7;2*1-7-5-3-2-4-6-7/h3-6H,1-2H3;7H,2-6H2,1H3;2-6H,1H3. The molecule has 1 fully saturated rings. The summed E-state index contributed by atoms with van der Waals surface area (Å²) in [6.07, 6.45) is 7.44. The maximum atomic E-state index is 2.36. The summed E-state index contributed by atoms with van der Waals surface area (Å²) in [7, 11) is 0. The van der Waals surface area contributed by atoms with E-state index < -0.39 is 0 Å². The Morgan fingerprint density at radius 2 is 1.14 bits per heavy atom. The first kappa shape index (κ1) is 18.5. The van der Waals surface area contributed by atoms with Crippen molar-refractivity contribution >= 4 is 0 Å². The molecule has 0 radical (unpaired) electrons. The fourth-order valence-electron chi connectivity index (χ4n) is 2.65. The molecular formula is C22H32. The van der Waals surface area contributed by atoms with Crippen LogP contribution in [0.5, 0.6) is 0 Å². The molecule has 0 spiro atoms. The second-order valence-electron chi connectivity index (χ2n) is 6.56. The zero-order valence-corrected chi connectivity index (χ0v) is 14.8. The van der Waals surface area contributed by atoms with E-state index >= 15 is 0 Å². The highest BCUT2D eigenvalue weighted by molar-refractivity contribution is 5.20. The van der Waals surface area contributed by atoms with Crippen LogP contribution < -0.4 is 0 Å². The number of rotatable bonds is 0. The predicted octanol–water partition coefficient (Wildman–Crippen LogP) is 6.89. The summed E-state index contributed by atoms with van der Waals surface area (Å²) >= 11 is 0. The lowest BCUT2D eigenvalue weighted by molar-refractivity contribution is 0.385. The van der Waals surface area contributed by atoms with E-state index in [1.165, 1.54) is 48.8 Å². The number of hydrogen-bond donors (Lipinski definition) is 0. The molecule has 0 nitrogen and oxygen atoms in total. The van der Waals surface area contributed by atoms with Gasteiger partial charge in [0.1, 0.15) is 0 Å². The summed E-state index contributed by atoms with van der Waals surface area (Å²) in [5.74, 6) is 1.04. The molecule has 22 heavy (non-hydrogen) atoms. The highest BCUT2D eigenvalue weighted by Crippen LogP contribution is 2.22. The molecule has 0 saturated heterocycles. The zero-order valence-electron chi connectivity index (χ0n) is 14.8. The molecule has 0 unspecified atom stereocenters. The molecule has 3 rings (SSSR count). The Balaban J connectivity index is 0.000000166. The molecule has 120 valence electrons. The lowest BCUT2D eigenvalue weighted by Gasteiger charge is -2.15. The summed E-state index contributed by atoms with van der Waals surface area (Å²) in [6.45, 7) is 8.65. The first-order valence-electron chi connectivity index (χ1n) is 8.63. The van der Waals surface area contributed by atoms with E-state index in [1.807, 2.05) is 18.2 Å². The lowest BCUT2D eigenvalue weighted by Crippen LogP contribution is -1.99. The molecule has 0 heterocycles. The Morgan fingerprint density at radius 1 is 0.636 bits per heavy atom. The van der Waals surface area contributed by atoms with Gasteiger partial charge in [-0.3, -0.25) is 0 Å². The monoisotopic (exact) mass is 296 g/mol. The summed E-state index contributed by atoms with van der Waals surface area (Å²) < 4.78 is 0. The van der Waals surface area contributed by atoms with Gasteiger partial charge in [-0.05, 0) is 26.7 Å². The smallest absolute Gasteiger partial charge is 0.0398 e. The third kappa shape index (κ3) is 9.39. The van der Waals surface area contributed by atoms with Crippen LogP contribution in [0.3, 0.4) is 0 Å². The summed E-state index contributed by atoms with van der Waals surface area (Å²) in [4.78, 5) is 0. The van der Waals surface area contributed by atoms with Gasteiger partial charge in [-0.25, -0.2) is 0 Å². The maximum Gasteiger partial charge on any atom is -0.0398 e. The van der Waals surface area contributed by atoms with E-state index in [4.69, 9.17) is 0 Å². The van der Waals surface area contributed by atoms with Gasteiger partial charge in [0.25, 0.3) is 0 Å². The van der Waals surface area contributed by atoms with Crippen molar-refractivity contribution in [3.63, 3.8) is 0 Å². The molecule has 0 aromatic heterocycles. The Kier molecular flexibility index (Phi) is 9.30. The minimum Gasteiger partial charge on any atom is -0.0625 e. The molecule has 2 aromatic rings. The molecule has 1 aliphatic carbocycles. The first-order chi connectivity index (χ1) is 10.6. The van der Waals surface area contributed by atoms with Gasteiger partial charge in [0, 0.05) is 0 Å². The number of hydrogen-bond acceptors (Lipinski definition) is 0. The van der Waals surface area contributed by atoms with Gasteiger partial charge in [-0.2, -0.15) is 0 Å². The van der Waals surface area contributed by atoms with E-state index in [0.717, 1.165) is 5.92 Å².